The van der Waals surface area contributed by atoms with Crippen molar-refractivity contribution in [2.45, 2.75) is 12.8 Å². The van der Waals surface area contributed by atoms with Gasteiger partial charge in [0.25, 0.3) is 0 Å². The lowest BCUT2D eigenvalue weighted by atomic mass is 9.76. The van der Waals surface area contributed by atoms with Gasteiger partial charge in [0.05, 0.1) is 13.2 Å². The number of rotatable bonds is 3. The Labute approximate surface area is 114 Å². The van der Waals surface area contributed by atoms with Crippen LogP contribution in [0.3, 0.4) is 0 Å². The predicted molar refractivity (Wildman–Crippen MR) is 65.6 cm³/mol. The fourth-order valence-electron chi connectivity index (χ4n) is 2.13. The van der Waals surface area contributed by atoms with Crippen LogP contribution in [-0.2, 0) is 20.7 Å². The summed E-state index contributed by atoms with van der Waals surface area (Å²) in [5.41, 5.74) is -1.20. The Bertz CT molecular complexity index is 531. The number of carboxylic acids is 1. The molecule has 0 saturated carbocycles. The van der Waals surface area contributed by atoms with Gasteiger partial charge < -0.3 is 9.84 Å². The zero-order chi connectivity index (χ0) is 14.0. The van der Waals surface area contributed by atoms with Crippen LogP contribution in [0.15, 0.2) is 18.2 Å². The Morgan fingerprint density at radius 2 is 2.26 bits per heavy atom. The van der Waals surface area contributed by atoms with Crippen molar-refractivity contribution in [3.63, 3.8) is 0 Å². The average molecular weight is 287 g/mol. The standard InChI is InChI=1S/C13H12ClFO4/c14-10-5-9(15)2-1-8(10)6-13(12(17)18)7-19-4-3-11(13)16/h1-2,5H,3-4,6-7H2,(H,17,18). The van der Waals surface area contributed by atoms with E-state index in [0.717, 1.165) is 6.07 Å². The molecule has 0 spiro atoms. The molecule has 1 heterocycles. The first-order chi connectivity index (χ1) is 8.95. The van der Waals surface area contributed by atoms with Crippen molar-refractivity contribution in [1.29, 1.82) is 0 Å². The van der Waals surface area contributed by atoms with E-state index >= 15 is 0 Å². The van der Waals surface area contributed by atoms with Crippen molar-refractivity contribution in [2.75, 3.05) is 13.2 Å². The summed E-state index contributed by atoms with van der Waals surface area (Å²) in [6.07, 6.45) is -0.0363. The minimum absolute atomic E-state index is 0.0606. The van der Waals surface area contributed by atoms with Gasteiger partial charge in [0.1, 0.15) is 5.82 Å². The number of hydrogen-bond donors (Lipinski definition) is 1. The van der Waals surface area contributed by atoms with E-state index in [4.69, 9.17) is 16.3 Å². The summed E-state index contributed by atoms with van der Waals surface area (Å²) in [7, 11) is 0. The average Bonchev–Trinajstić information content (AvgIpc) is 2.35. The molecule has 6 heteroatoms. The van der Waals surface area contributed by atoms with Gasteiger partial charge in [0.2, 0.25) is 0 Å². The van der Waals surface area contributed by atoms with Gasteiger partial charge in [0, 0.05) is 11.4 Å². The first kappa shape index (κ1) is 14.0. The first-order valence-electron chi connectivity index (χ1n) is 5.74. The van der Waals surface area contributed by atoms with Crippen LogP contribution in [0.1, 0.15) is 12.0 Å². The maximum absolute atomic E-state index is 13.0. The molecule has 1 aromatic carbocycles. The number of aliphatic carboxylic acids is 1. The maximum Gasteiger partial charge on any atom is 0.319 e. The quantitative estimate of drug-likeness (QED) is 0.864. The summed E-state index contributed by atoms with van der Waals surface area (Å²) in [6.45, 7) is 0.0416. The molecule has 0 amide bonds. The highest BCUT2D eigenvalue weighted by Gasteiger charge is 2.48. The van der Waals surface area contributed by atoms with E-state index in [2.05, 4.69) is 0 Å². The van der Waals surface area contributed by atoms with Crippen molar-refractivity contribution < 1.29 is 23.8 Å². The van der Waals surface area contributed by atoms with Crippen LogP contribution in [0.2, 0.25) is 5.02 Å². The number of benzene rings is 1. The molecule has 0 bridgehead atoms. The van der Waals surface area contributed by atoms with E-state index in [-0.39, 0.29) is 36.9 Å². The SMILES string of the molecule is O=C(O)C1(Cc2ccc(F)cc2Cl)COCCC1=O. The molecule has 1 saturated heterocycles. The van der Waals surface area contributed by atoms with Crippen molar-refractivity contribution in [1.82, 2.24) is 0 Å². The molecule has 2 rings (SSSR count). The highest BCUT2D eigenvalue weighted by Crippen LogP contribution is 2.32. The van der Waals surface area contributed by atoms with Crippen LogP contribution in [0, 0.1) is 11.2 Å². The van der Waals surface area contributed by atoms with Crippen molar-refractivity contribution in [3.05, 3.63) is 34.6 Å². The molecular formula is C13H12ClFO4. The molecule has 1 aromatic rings. The molecule has 1 aliphatic rings. The lowest BCUT2D eigenvalue weighted by molar-refractivity contribution is -0.164. The Morgan fingerprint density at radius 3 is 2.84 bits per heavy atom. The van der Waals surface area contributed by atoms with Crippen LogP contribution >= 0.6 is 11.6 Å². The number of hydrogen-bond acceptors (Lipinski definition) is 3. The highest BCUT2D eigenvalue weighted by atomic mass is 35.5. The molecule has 0 aromatic heterocycles. The third-order valence-corrected chi connectivity index (χ3v) is 3.62. The topological polar surface area (TPSA) is 63.6 Å². The van der Waals surface area contributed by atoms with E-state index in [1.165, 1.54) is 12.1 Å². The summed E-state index contributed by atoms with van der Waals surface area (Å²) in [5, 5.41) is 9.46. The normalized spacial score (nSPS) is 23.4. The third-order valence-electron chi connectivity index (χ3n) is 3.27. The summed E-state index contributed by atoms with van der Waals surface area (Å²) in [5.74, 6) is -2.13. The van der Waals surface area contributed by atoms with E-state index in [1.54, 1.807) is 0 Å². The molecule has 1 unspecified atom stereocenters. The maximum atomic E-state index is 13.0. The Balaban J connectivity index is 2.36. The number of Topliss-reactive ketones (excluding diaryl/α,β-unsaturated/α-hetero) is 1. The number of carbonyl (C=O) groups is 2. The number of halogens is 2. The van der Waals surface area contributed by atoms with E-state index in [0.29, 0.717) is 5.56 Å². The van der Waals surface area contributed by atoms with Gasteiger partial charge in [0.15, 0.2) is 11.2 Å². The summed E-state index contributed by atoms with van der Waals surface area (Å²) >= 11 is 5.88. The molecule has 1 aliphatic heterocycles. The molecule has 1 N–H and O–H groups in total. The second-order valence-corrected chi connectivity index (χ2v) is 4.93. The molecule has 1 fully saturated rings. The fourth-order valence-corrected chi connectivity index (χ4v) is 2.36. The molecule has 4 nitrogen and oxygen atoms in total. The zero-order valence-electron chi connectivity index (χ0n) is 9.99. The van der Waals surface area contributed by atoms with Gasteiger partial charge in [-0.3, -0.25) is 9.59 Å². The van der Waals surface area contributed by atoms with E-state index < -0.39 is 17.2 Å². The predicted octanol–water partition coefficient (Wildman–Crippen LogP) is 2.08. The smallest absolute Gasteiger partial charge is 0.319 e. The van der Waals surface area contributed by atoms with Gasteiger partial charge in [-0.25, -0.2) is 4.39 Å². The zero-order valence-corrected chi connectivity index (χ0v) is 10.7. The van der Waals surface area contributed by atoms with E-state index in [1.807, 2.05) is 0 Å². The lowest BCUT2D eigenvalue weighted by Crippen LogP contribution is -2.48. The minimum atomic E-state index is -1.63. The second kappa shape index (κ2) is 5.27. The second-order valence-electron chi connectivity index (χ2n) is 4.53. The first-order valence-corrected chi connectivity index (χ1v) is 6.12. The summed E-state index contributed by atoms with van der Waals surface area (Å²) < 4.78 is 18.1. The third kappa shape index (κ3) is 2.62. The monoisotopic (exact) mass is 286 g/mol. The van der Waals surface area contributed by atoms with Crippen LogP contribution in [-0.4, -0.2) is 30.1 Å². The van der Waals surface area contributed by atoms with E-state index in [9.17, 15) is 19.1 Å². The van der Waals surface area contributed by atoms with Gasteiger partial charge in [-0.2, -0.15) is 0 Å². The van der Waals surface area contributed by atoms with Crippen molar-refractivity contribution >= 4 is 23.4 Å². The molecule has 1 atom stereocenters. The number of carbonyl (C=O) groups excluding carboxylic acids is 1. The largest absolute Gasteiger partial charge is 0.480 e. The van der Waals surface area contributed by atoms with Crippen LogP contribution < -0.4 is 0 Å². The Hall–Kier alpha value is -1.46. The van der Waals surface area contributed by atoms with Gasteiger partial charge in [-0.05, 0) is 24.1 Å². The van der Waals surface area contributed by atoms with Gasteiger partial charge >= 0.3 is 5.97 Å². The molecule has 102 valence electrons. The van der Waals surface area contributed by atoms with Crippen LogP contribution in [0.4, 0.5) is 4.39 Å². The van der Waals surface area contributed by atoms with Crippen molar-refractivity contribution in [3.8, 4) is 0 Å². The highest BCUT2D eigenvalue weighted by molar-refractivity contribution is 6.31. The molecule has 0 aliphatic carbocycles. The molecule has 19 heavy (non-hydrogen) atoms. The summed E-state index contributed by atoms with van der Waals surface area (Å²) in [4.78, 5) is 23.4. The summed E-state index contributed by atoms with van der Waals surface area (Å²) in [6, 6.07) is 3.68. The Morgan fingerprint density at radius 1 is 1.53 bits per heavy atom. The lowest BCUT2D eigenvalue weighted by Gasteiger charge is -2.31. The van der Waals surface area contributed by atoms with Gasteiger partial charge in [-0.15, -0.1) is 0 Å². The molecule has 0 radical (unpaired) electrons. The minimum Gasteiger partial charge on any atom is -0.480 e. The molecular weight excluding hydrogens is 275 g/mol. The number of ether oxygens (including phenoxy) is 1. The fraction of sp³-hybridized carbons (Fsp3) is 0.385. The van der Waals surface area contributed by atoms with Crippen LogP contribution in [0.5, 0.6) is 0 Å². The van der Waals surface area contributed by atoms with Crippen LogP contribution in [0.25, 0.3) is 0 Å². The number of carboxylic acid groups (broad SMARTS) is 1. The Kier molecular flexibility index (Phi) is 3.87. The number of ketones is 1. The van der Waals surface area contributed by atoms with Crippen molar-refractivity contribution in [2.24, 2.45) is 5.41 Å². The van der Waals surface area contributed by atoms with Gasteiger partial charge in [-0.1, -0.05) is 17.7 Å².